The van der Waals surface area contributed by atoms with E-state index >= 15 is 0 Å². The second-order valence-electron chi connectivity index (χ2n) is 5.37. The van der Waals surface area contributed by atoms with Crippen LogP contribution < -0.4 is 10.2 Å². The Balaban J connectivity index is 1.62. The van der Waals surface area contributed by atoms with Gasteiger partial charge in [0, 0.05) is 50.7 Å². The second-order valence-corrected chi connectivity index (χ2v) is 6.17. The number of nitrogens with zero attached hydrogens (tertiary/aromatic N) is 5. The maximum atomic E-state index is 10.9. The van der Waals surface area contributed by atoms with Gasteiger partial charge in [-0.25, -0.2) is 9.97 Å². The molecular weight excluding hydrogens is 364 g/mol. The van der Waals surface area contributed by atoms with Crippen molar-refractivity contribution in [2.45, 2.75) is 0 Å². The minimum absolute atomic E-state index is 0.0410. The van der Waals surface area contributed by atoms with Crippen LogP contribution >= 0.6 is 23.8 Å². The van der Waals surface area contributed by atoms with Crippen LogP contribution in [0.3, 0.4) is 0 Å². The van der Waals surface area contributed by atoms with Crippen molar-refractivity contribution in [3.63, 3.8) is 0 Å². The average Bonchev–Trinajstić information content (AvgIpc) is 2.64. The summed E-state index contributed by atoms with van der Waals surface area (Å²) in [6.07, 6.45) is 3.43. The Kier molecular flexibility index (Phi) is 5.25. The Labute approximate surface area is 154 Å². The zero-order valence-electron chi connectivity index (χ0n) is 13.1. The molecule has 1 aromatic heterocycles. The van der Waals surface area contributed by atoms with Crippen molar-refractivity contribution < 1.29 is 4.92 Å². The molecule has 0 radical (unpaired) electrons. The highest BCUT2D eigenvalue weighted by atomic mass is 35.5. The van der Waals surface area contributed by atoms with Gasteiger partial charge in [0.25, 0.3) is 5.69 Å². The molecule has 1 N–H and O–H groups in total. The molecule has 130 valence electrons. The predicted octanol–water partition coefficient (Wildman–Crippen LogP) is 2.56. The monoisotopic (exact) mass is 378 g/mol. The molecule has 2 aromatic rings. The van der Waals surface area contributed by atoms with Crippen LogP contribution in [0, 0.1) is 10.1 Å². The van der Waals surface area contributed by atoms with E-state index in [-0.39, 0.29) is 5.69 Å². The number of thiocarbonyl (C=S) groups is 1. The number of aromatic nitrogens is 2. The molecular formula is C15H15ClN6O2S. The molecule has 1 aliphatic heterocycles. The fourth-order valence-corrected chi connectivity index (χ4v) is 2.94. The summed E-state index contributed by atoms with van der Waals surface area (Å²) in [5.41, 5.74) is 0.385. The molecule has 0 amide bonds. The molecule has 0 atom stereocenters. The molecule has 1 fully saturated rings. The Hall–Kier alpha value is -2.52. The van der Waals surface area contributed by atoms with Gasteiger partial charge >= 0.3 is 0 Å². The van der Waals surface area contributed by atoms with Crippen molar-refractivity contribution >= 4 is 46.3 Å². The van der Waals surface area contributed by atoms with E-state index in [1.54, 1.807) is 18.5 Å². The zero-order valence-corrected chi connectivity index (χ0v) is 14.7. The van der Waals surface area contributed by atoms with Gasteiger partial charge in [-0.15, -0.1) is 0 Å². The molecule has 1 aromatic carbocycles. The van der Waals surface area contributed by atoms with Crippen LogP contribution in [0.4, 0.5) is 17.3 Å². The second kappa shape index (κ2) is 7.58. The molecule has 1 saturated heterocycles. The van der Waals surface area contributed by atoms with E-state index in [1.165, 1.54) is 18.2 Å². The third-order valence-corrected chi connectivity index (χ3v) is 4.49. The third-order valence-electron chi connectivity index (χ3n) is 3.80. The van der Waals surface area contributed by atoms with Gasteiger partial charge in [-0.05, 0) is 24.4 Å². The molecule has 0 unspecified atom stereocenters. The largest absolute Gasteiger partial charge is 0.345 e. The van der Waals surface area contributed by atoms with Crippen molar-refractivity contribution in [3.05, 3.63) is 51.8 Å². The zero-order chi connectivity index (χ0) is 17.8. The molecule has 0 aliphatic carbocycles. The van der Waals surface area contributed by atoms with Crippen molar-refractivity contribution in [2.75, 3.05) is 36.4 Å². The number of piperazine rings is 1. The number of hydrogen-bond acceptors (Lipinski definition) is 6. The van der Waals surface area contributed by atoms with Gasteiger partial charge in [0.2, 0.25) is 5.95 Å². The number of halogens is 1. The minimum atomic E-state index is -0.469. The topological polar surface area (TPSA) is 87.4 Å². The van der Waals surface area contributed by atoms with E-state index in [0.29, 0.717) is 34.9 Å². The summed E-state index contributed by atoms with van der Waals surface area (Å²) in [5.74, 6) is 0.697. The van der Waals surface area contributed by atoms with Crippen LogP contribution in [0.1, 0.15) is 0 Å². The molecule has 3 rings (SSSR count). The van der Waals surface area contributed by atoms with Gasteiger partial charge < -0.3 is 15.1 Å². The van der Waals surface area contributed by atoms with Gasteiger partial charge in [0.1, 0.15) is 0 Å². The maximum Gasteiger partial charge on any atom is 0.271 e. The molecule has 8 nitrogen and oxygen atoms in total. The van der Waals surface area contributed by atoms with Crippen LogP contribution in [0.15, 0.2) is 36.7 Å². The van der Waals surface area contributed by atoms with Crippen molar-refractivity contribution in [1.29, 1.82) is 0 Å². The number of benzene rings is 1. The van der Waals surface area contributed by atoms with E-state index in [4.69, 9.17) is 23.8 Å². The highest BCUT2D eigenvalue weighted by molar-refractivity contribution is 7.80. The lowest BCUT2D eigenvalue weighted by atomic mass is 10.3. The number of anilines is 2. The number of nitro groups is 1. The van der Waals surface area contributed by atoms with Crippen LogP contribution in [-0.4, -0.2) is 51.1 Å². The van der Waals surface area contributed by atoms with Crippen LogP contribution in [-0.2, 0) is 0 Å². The summed E-state index contributed by atoms with van der Waals surface area (Å²) in [6, 6.07) is 5.99. The van der Waals surface area contributed by atoms with Crippen LogP contribution in [0.25, 0.3) is 0 Å². The Morgan fingerprint density at radius 2 is 1.92 bits per heavy atom. The van der Waals surface area contributed by atoms with E-state index in [1.807, 2.05) is 4.90 Å². The molecule has 10 heteroatoms. The first-order chi connectivity index (χ1) is 12.0. The molecule has 25 heavy (non-hydrogen) atoms. The first kappa shape index (κ1) is 17.3. The van der Waals surface area contributed by atoms with E-state index in [9.17, 15) is 10.1 Å². The van der Waals surface area contributed by atoms with E-state index in [2.05, 4.69) is 20.2 Å². The van der Waals surface area contributed by atoms with E-state index < -0.39 is 4.92 Å². The van der Waals surface area contributed by atoms with Gasteiger partial charge in [0.05, 0.1) is 15.6 Å². The Morgan fingerprint density at radius 3 is 2.56 bits per heavy atom. The number of hydrogen-bond donors (Lipinski definition) is 1. The summed E-state index contributed by atoms with van der Waals surface area (Å²) in [5, 5.41) is 14.8. The summed E-state index contributed by atoms with van der Waals surface area (Å²) in [6.45, 7) is 2.84. The lowest BCUT2D eigenvalue weighted by Gasteiger charge is -2.36. The quantitative estimate of drug-likeness (QED) is 0.495. The smallest absolute Gasteiger partial charge is 0.271 e. The SMILES string of the molecule is O=[N+]([O-])c1ccc(Cl)c(NC(=S)N2CCN(c3ncccn3)CC2)c1. The van der Waals surface area contributed by atoms with Crippen molar-refractivity contribution in [2.24, 2.45) is 0 Å². The molecule has 0 saturated carbocycles. The summed E-state index contributed by atoms with van der Waals surface area (Å²) < 4.78 is 0. The lowest BCUT2D eigenvalue weighted by Crippen LogP contribution is -2.50. The highest BCUT2D eigenvalue weighted by Gasteiger charge is 2.21. The molecule has 0 spiro atoms. The first-order valence-corrected chi connectivity index (χ1v) is 8.35. The maximum absolute atomic E-state index is 10.9. The summed E-state index contributed by atoms with van der Waals surface area (Å²) in [7, 11) is 0. The van der Waals surface area contributed by atoms with Gasteiger partial charge in [0.15, 0.2) is 5.11 Å². The van der Waals surface area contributed by atoms with Gasteiger partial charge in [-0.2, -0.15) is 0 Å². The van der Waals surface area contributed by atoms with Crippen molar-refractivity contribution in [1.82, 2.24) is 14.9 Å². The highest BCUT2D eigenvalue weighted by Crippen LogP contribution is 2.27. The van der Waals surface area contributed by atoms with Gasteiger partial charge in [-0.1, -0.05) is 11.6 Å². The number of rotatable bonds is 3. The van der Waals surface area contributed by atoms with Crippen LogP contribution in [0.5, 0.6) is 0 Å². The van der Waals surface area contributed by atoms with Gasteiger partial charge in [-0.3, -0.25) is 10.1 Å². The number of nitro benzene ring substituents is 1. The Morgan fingerprint density at radius 1 is 1.24 bits per heavy atom. The summed E-state index contributed by atoms with van der Waals surface area (Å²) in [4.78, 5) is 23.0. The lowest BCUT2D eigenvalue weighted by molar-refractivity contribution is -0.384. The average molecular weight is 379 g/mol. The van der Waals surface area contributed by atoms with E-state index in [0.717, 1.165) is 13.1 Å². The Bertz CT molecular complexity index is 783. The predicted molar refractivity (Wildman–Crippen MR) is 100 cm³/mol. The summed E-state index contributed by atoms with van der Waals surface area (Å²) >= 11 is 11.5. The molecule has 2 heterocycles. The first-order valence-electron chi connectivity index (χ1n) is 7.56. The number of non-ortho nitro benzene ring substituents is 1. The molecule has 1 aliphatic rings. The standard InChI is InChI=1S/C15H15ClN6O2S/c16-12-3-2-11(22(23)24)10-13(12)19-15(25)21-8-6-20(7-9-21)14-17-4-1-5-18-14/h1-5,10H,6-9H2,(H,19,25). The fraction of sp³-hybridized carbons (Fsp3) is 0.267. The normalized spacial score (nSPS) is 14.3. The van der Waals surface area contributed by atoms with Crippen LogP contribution in [0.2, 0.25) is 5.02 Å². The fourth-order valence-electron chi connectivity index (χ4n) is 2.48. The minimum Gasteiger partial charge on any atom is -0.345 e. The number of nitrogens with one attached hydrogen (secondary N) is 1. The van der Waals surface area contributed by atoms with Crippen molar-refractivity contribution in [3.8, 4) is 0 Å². The third kappa shape index (κ3) is 4.12. The molecule has 0 bridgehead atoms.